The third kappa shape index (κ3) is 4.59. The van der Waals surface area contributed by atoms with E-state index in [4.69, 9.17) is 11.6 Å². The van der Waals surface area contributed by atoms with Crippen molar-refractivity contribution >= 4 is 38.9 Å². The van der Waals surface area contributed by atoms with E-state index in [2.05, 4.69) is 0 Å². The molecule has 1 aliphatic heterocycles. The van der Waals surface area contributed by atoms with Gasteiger partial charge in [-0.05, 0) is 55.3 Å². The van der Waals surface area contributed by atoms with Gasteiger partial charge in [0.1, 0.15) is 4.90 Å². The molecule has 1 amide bonds. The number of hydrogen-bond acceptors (Lipinski definition) is 4. The van der Waals surface area contributed by atoms with E-state index in [1.165, 1.54) is 16.4 Å². The first-order valence-corrected chi connectivity index (χ1v) is 12.1. The van der Waals surface area contributed by atoms with Crippen LogP contribution in [0, 0.1) is 5.92 Å². The SMILES string of the molecule is CCN(Cc1cccs1)C(=O)c1ccc(Cl)c(S(=O)(=O)N2CCCC(C)C2)c1. The molecule has 28 heavy (non-hydrogen) atoms. The Morgan fingerprint density at radius 2 is 2.14 bits per heavy atom. The lowest BCUT2D eigenvalue weighted by Gasteiger charge is -2.30. The van der Waals surface area contributed by atoms with Gasteiger partial charge in [-0.25, -0.2) is 8.42 Å². The average Bonchev–Trinajstić information content (AvgIpc) is 3.19. The Morgan fingerprint density at radius 3 is 2.79 bits per heavy atom. The number of carbonyl (C=O) groups is 1. The van der Waals surface area contributed by atoms with E-state index in [1.807, 2.05) is 31.4 Å². The molecule has 1 saturated heterocycles. The number of nitrogens with zero attached hydrogens (tertiary/aromatic N) is 2. The number of benzene rings is 1. The van der Waals surface area contributed by atoms with Gasteiger partial charge in [-0.3, -0.25) is 4.79 Å². The molecule has 2 aromatic rings. The second-order valence-electron chi connectivity index (χ2n) is 7.15. The van der Waals surface area contributed by atoms with Gasteiger partial charge in [-0.1, -0.05) is 24.6 Å². The van der Waals surface area contributed by atoms with Gasteiger partial charge in [0.25, 0.3) is 5.91 Å². The summed E-state index contributed by atoms with van der Waals surface area (Å²) in [5, 5.41) is 2.12. The first-order chi connectivity index (χ1) is 13.3. The Bertz CT molecular complexity index is 929. The van der Waals surface area contributed by atoms with E-state index in [0.717, 1.165) is 17.7 Å². The van der Waals surface area contributed by atoms with Crippen LogP contribution in [0.4, 0.5) is 0 Å². The lowest BCUT2D eigenvalue weighted by molar-refractivity contribution is 0.0754. The molecule has 0 radical (unpaired) electrons. The Hall–Kier alpha value is -1.41. The molecular weight excluding hydrogens is 416 g/mol. The second kappa shape index (κ2) is 8.95. The fourth-order valence-electron chi connectivity index (χ4n) is 3.44. The molecule has 8 heteroatoms. The number of carbonyl (C=O) groups excluding carboxylic acids is 1. The molecule has 0 aliphatic carbocycles. The van der Waals surface area contributed by atoms with E-state index in [1.54, 1.807) is 22.3 Å². The van der Waals surface area contributed by atoms with Crippen LogP contribution in [0.2, 0.25) is 5.02 Å². The minimum Gasteiger partial charge on any atom is -0.334 e. The number of amides is 1. The maximum Gasteiger partial charge on any atom is 0.254 e. The largest absolute Gasteiger partial charge is 0.334 e. The number of hydrogen-bond donors (Lipinski definition) is 0. The van der Waals surface area contributed by atoms with Crippen molar-refractivity contribution in [3.8, 4) is 0 Å². The fourth-order valence-corrected chi connectivity index (χ4v) is 6.26. The summed E-state index contributed by atoms with van der Waals surface area (Å²) in [7, 11) is -3.73. The normalized spacial score (nSPS) is 18.2. The van der Waals surface area contributed by atoms with E-state index in [-0.39, 0.29) is 15.8 Å². The van der Waals surface area contributed by atoms with Crippen molar-refractivity contribution in [3.05, 3.63) is 51.2 Å². The van der Waals surface area contributed by atoms with Crippen LogP contribution >= 0.6 is 22.9 Å². The van der Waals surface area contributed by atoms with Crippen molar-refractivity contribution in [1.82, 2.24) is 9.21 Å². The van der Waals surface area contributed by atoms with Gasteiger partial charge < -0.3 is 4.90 Å². The van der Waals surface area contributed by atoms with Crippen molar-refractivity contribution in [3.63, 3.8) is 0 Å². The Balaban J connectivity index is 1.89. The van der Waals surface area contributed by atoms with Gasteiger partial charge in [0.15, 0.2) is 0 Å². The van der Waals surface area contributed by atoms with E-state index in [0.29, 0.717) is 37.7 Å². The van der Waals surface area contributed by atoms with Crippen LogP contribution < -0.4 is 0 Å². The third-order valence-electron chi connectivity index (χ3n) is 5.01. The van der Waals surface area contributed by atoms with Gasteiger partial charge in [0.2, 0.25) is 10.0 Å². The molecule has 5 nitrogen and oxygen atoms in total. The zero-order valence-electron chi connectivity index (χ0n) is 16.1. The fraction of sp³-hybridized carbons (Fsp3) is 0.450. The van der Waals surface area contributed by atoms with Crippen LogP contribution in [0.3, 0.4) is 0 Å². The summed E-state index contributed by atoms with van der Waals surface area (Å²) >= 11 is 7.83. The molecule has 0 saturated carbocycles. The summed E-state index contributed by atoms with van der Waals surface area (Å²) < 4.78 is 27.8. The molecular formula is C20H25ClN2O3S2. The molecule has 0 bridgehead atoms. The van der Waals surface area contributed by atoms with Crippen molar-refractivity contribution in [2.45, 2.75) is 38.1 Å². The first kappa shape index (κ1) is 21.3. The van der Waals surface area contributed by atoms with Crippen molar-refractivity contribution in [2.24, 2.45) is 5.92 Å². The van der Waals surface area contributed by atoms with Crippen molar-refractivity contribution in [1.29, 1.82) is 0 Å². The number of sulfonamides is 1. The molecule has 1 aromatic heterocycles. The van der Waals surface area contributed by atoms with Crippen LogP contribution in [-0.4, -0.2) is 43.2 Å². The highest BCUT2D eigenvalue weighted by atomic mass is 35.5. The van der Waals surface area contributed by atoms with Crippen LogP contribution in [0.1, 0.15) is 41.9 Å². The Kier molecular flexibility index (Phi) is 6.81. The molecule has 1 fully saturated rings. The van der Waals surface area contributed by atoms with Gasteiger partial charge >= 0.3 is 0 Å². The topological polar surface area (TPSA) is 57.7 Å². The van der Waals surface area contributed by atoms with Crippen LogP contribution in [0.5, 0.6) is 0 Å². The van der Waals surface area contributed by atoms with Crippen LogP contribution in [0.15, 0.2) is 40.6 Å². The molecule has 1 unspecified atom stereocenters. The van der Waals surface area contributed by atoms with Crippen LogP contribution in [-0.2, 0) is 16.6 Å². The maximum atomic E-state index is 13.1. The summed E-state index contributed by atoms with van der Waals surface area (Å²) in [5.74, 6) is 0.115. The van der Waals surface area contributed by atoms with E-state index < -0.39 is 10.0 Å². The summed E-state index contributed by atoms with van der Waals surface area (Å²) in [6.07, 6.45) is 1.85. The minimum absolute atomic E-state index is 0.0151. The number of halogens is 1. The third-order valence-corrected chi connectivity index (χ3v) is 8.22. The molecule has 3 rings (SSSR count). The molecule has 1 aliphatic rings. The minimum atomic E-state index is -3.73. The average molecular weight is 441 g/mol. The van der Waals surface area contributed by atoms with Gasteiger partial charge in [-0.2, -0.15) is 4.31 Å². The number of thiophene rings is 1. The van der Waals surface area contributed by atoms with Crippen molar-refractivity contribution < 1.29 is 13.2 Å². The molecule has 152 valence electrons. The monoisotopic (exact) mass is 440 g/mol. The zero-order valence-corrected chi connectivity index (χ0v) is 18.5. The lowest BCUT2D eigenvalue weighted by atomic mass is 10.0. The Labute approximate surface area is 176 Å². The predicted octanol–water partition coefficient (Wildman–Crippen LogP) is 4.48. The summed E-state index contributed by atoms with van der Waals surface area (Å²) in [5.41, 5.74) is 0.339. The van der Waals surface area contributed by atoms with E-state index in [9.17, 15) is 13.2 Å². The molecule has 1 aromatic carbocycles. The molecule has 0 spiro atoms. The second-order valence-corrected chi connectivity index (χ2v) is 10.5. The van der Waals surface area contributed by atoms with Gasteiger partial charge in [-0.15, -0.1) is 11.3 Å². The highest BCUT2D eigenvalue weighted by Gasteiger charge is 2.31. The number of rotatable bonds is 6. The zero-order chi connectivity index (χ0) is 20.3. The predicted molar refractivity (Wildman–Crippen MR) is 113 cm³/mol. The Morgan fingerprint density at radius 1 is 1.36 bits per heavy atom. The standard InChI is InChI=1S/C20H25ClN2O3S2/c1-3-22(14-17-7-5-11-27-17)20(24)16-8-9-18(21)19(12-16)28(25,26)23-10-4-6-15(2)13-23/h5,7-9,11-12,15H,3-4,6,10,13-14H2,1-2H3. The summed E-state index contributed by atoms with van der Waals surface area (Å²) in [6.45, 7) is 5.96. The number of piperidine rings is 1. The smallest absolute Gasteiger partial charge is 0.254 e. The highest BCUT2D eigenvalue weighted by Crippen LogP contribution is 2.29. The first-order valence-electron chi connectivity index (χ1n) is 9.44. The quantitative estimate of drug-likeness (QED) is 0.665. The van der Waals surface area contributed by atoms with E-state index >= 15 is 0 Å². The lowest BCUT2D eigenvalue weighted by Crippen LogP contribution is -2.39. The van der Waals surface area contributed by atoms with Crippen molar-refractivity contribution in [2.75, 3.05) is 19.6 Å². The van der Waals surface area contributed by atoms with Gasteiger partial charge in [0, 0.05) is 30.1 Å². The molecule has 2 heterocycles. The maximum absolute atomic E-state index is 13.1. The summed E-state index contributed by atoms with van der Waals surface area (Å²) in [4.78, 5) is 15.8. The van der Waals surface area contributed by atoms with Crippen LogP contribution in [0.25, 0.3) is 0 Å². The molecule has 0 N–H and O–H groups in total. The summed E-state index contributed by atoms with van der Waals surface area (Å²) in [6, 6.07) is 8.46. The molecule has 1 atom stereocenters. The van der Waals surface area contributed by atoms with Gasteiger partial charge in [0.05, 0.1) is 11.6 Å². The highest BCUT2D eigenvalue weighted by molar-refractivity contribution is 7.89.